The monoisotopic (exact) mass is 243 g/mol. The molecule has 0 aromatic rings. The van der Waals surface area contributed by atoms with Gasteiger partial charge in [-0.15, -0.1) is 0 Å². The van der Waals surface area contributed by atoms with Gasteiger partial charge in [0.1, 0.15) is 0 Å². The number of nitrogens with two attached hydrogens (primary N) is 1. The minimum absolute atomic E-state index is 0.171. The number of hydrogen-bond acceptors (Lipinski definition) is 4. The molecule has 0 heterocycles. The fourth-order valence-corrected chi connectivity index (χ4v) is 2.68. The summed E-state index contributed by atoms with van der Waals surface area (Å²) in [5, 5.41) is 0. The Balaban J connectivity index is 2.39. The van der Waals surface area contributed by atoms with Crippen LogP contribution >= 0.6 is 0 Å². The first-order chi connectivity index (χ1) is 8.04. The summed E-state index contributed by atoms with van der Waals surface area (Å²) >= 11 is 0. The van der Waals surface area contributed by atoms with Crippen LogP contribution in [0.2, 0.25) is 0 Å². The van der Waals surface area contributed by atoms with Crippen LogP contribution in [0.15, 0.2) is 0 Å². The van der Waals surface area contributed by atoms with Gasteiger partial charge in [-0.25, -0.2) is 0 Å². The van der Waals surface area contributed by atoms with Crippen molar-refractivity contribution in [1.82, 2.24) is 9.80 Å². The van der Waals surface area contributed by atoms with E-state index < -0.39 is 0 Å². The molecule has 0 radical (unpaired) electrons. The summed E-state index contributed by atoms with van der Waals surface area (Å²) in [7, 11) is 6.55. The highest BCUT2D eigenvalue weighted by atomic mass is 16.5. The fraction of sp³-hybridized carbons (Fsp3) is 1.00. The zero-order valence-electron chi connectivity index (χ0n) is 11.9. The summed E-state index contributed by atoms with van der Waals surface area (Å²) < 4.78 is 5.61. The minimum Gasteiger partial charge on any atom is -0.376 e. The van der Waals surface area contributed by atoms with Crippen molar-refractivity contribution in [1.29, 1.82) is 0 Å². The lowest BCUT2D eigenvalue weighted by atomic mass is 9.75. The number of ether oxygens (including phenoxy) is 1. The molecule has 0 aliphatic heterocycles. The van der Waals surface area contributed by atoms with Crippen molar-refractivity contribution >= 4 is 0 Å². The van der Waals surface area contributed by atoms with E-state index in [4.69, 9.17) is 10.5 Å². The molecule has 1 aliphatic carbocycles. The van der Waals surface area contributed by atoms with Crippen molar-refractivity contribution in [3.05, 3.63) is 0 Å². The molecule has 1 unspecified atom stereocenters. The van der Waals surface area contributed by atoms with Crippen molar-refractivity contribution in [2.45, 2.75) is 37.8 Å². The van der Waals surface area contributed by atoms with Crippen molar-refractivity contribution in [2.75, 3.05) is 47.4 Å². The largest absolute Gasteiger partial charge is 0.376 e. The first-order valence-electron chi connectivity index (χ1n) is 6.71. The van der Waals surface area contributed by atoms with Crippen LogP contribution in [0.3, 0.4) is 0 Å². The van der Waals surface area contributed by atoms with Gasteiger partial charge in [-0.1, -0.05) is 0 Å². The highest BCUT2D eigenvalue weighted by Crippen LogP contribution is 2.36. The Labute approximate surface area is 106 Å². The maximum absolute atomic E-state index is 5.72. The maximum Gasteiger partial charge on any atom is 0.0823 e. The third-order valence-corrected chi connectivity index (χ3v) is 3.98. The molecule has 1 atom stereocenters. The second-order valence-corrected chi connectivity index (χ2v) is 5.48. The van der Waals surface area contributed by atoms with E-state index in [-0.39, 0.29) is 6.10 Å². The topological polar surface area (TPSA) is 41.7 Å². The summed E-state index contributed by atoms with van der Waals surface area (Å²) in [4.78, 5) is 4.75. The molecule has 0 aromatic heterocycles. The van der Waals surface area contributed by atoms with E-state index >= 15 is 0 Å². The van der Waals surface area contributed by atoms with Gasteiger partial charge in [-0.05, 0) is 47.3 Å². The zero-order chi connectivity index (χ0) is 12.9. The van der Waals surface area contributed by atoms with Gasteiger partial charge in [0.25, 0.3) is 0 Å². The normalized spacial score (nSPS) is 20.6. The van der Waals surface area contributed by atoms with Gasteiger partial charge in [0, 0.05) is 31.8 Å². The molecule has 0 amide bonds. The number of likely N-dealkylation sites (N-methyl/N-ethyl adjacent to an activating group) is 2. The lowest BCUT2D eigenvalue weighted by molar-refractivity contribution is 0.0000954. The first kappa shape index (κ1) is 14.9. The maximum atomic E-state index is 5.72. The van der Waals surface area contributed by atoms with E-state index in [1.807, 2.05) is 6.92 Å². The summed E-state index contributed by atoms with van der Waals surface area (Å²) in [6.45, 7) is 5.42. The number of nitrogens with zero attached hydrogens (tertiary/aromatic N) is 2. The molecule has 102 valence electrons. The molecule has 1 aliphatic rings. The van der Waals surface area contributed by atoms with Crippen molar-refractivity contribution < 1.29 is 4.74 Å². The predicted octanol–water partition coefficient (Wildman–Crippen LogP) is 0.766. The molecule has 0 saturated heterocycles. The van der Waals surface area contributed by atoms with Crippen LogP contribution in [0.25, 0.3) is 0 Å². The minimum atomic E-state index is 0.171. The Morgan fingerprint density at radius 1 is 1.29 bits per heavy atom. The summed E-state index contributed by atoms with van der Waals surface area (Å²) in [6, 6.07) is 0. The number of hydrogen-bond donors (Lipinski definition) is 1. The van der Waals surface area contributed by atoms with Crippen molar-refractivity contribution in [2.24, 2.45) is 5.73 Å². The third kappa shape index (κ3) is 3.91. The molecule has 1 fully saturated rings. The molecule has 4 heteroatoms. The van der Waals surface area contributed by atoms with Crippen molar-refractivity contribution in [3.8, 4) is 0 Å². The van der Waals surface area contributed by atoms with Crippen LogP contribution in [0, 0.1) is 0 Å². The van der Waals surface area contributed by atoms with Gasteiger partial charge < -0.3 is 20.3 Å². The Morgan fingerprint density at radius 2 is 1.94 bits per heavy atom. The predicted molar refractivity (Wildman–Crippen MR) is 72.2 cm³/mol. The highest BCUT2D eigenvalue weighted by Gasteiger charge is 2.39. The fourth-order valence-electron chi connectivity index (χ4n) is 2.68. The molecule has 0 bridgehead atoms. The van der Waals surface area contributed by atoms with Gasteiger partial charge in [0.05, 0.1) is 6.10 Å². The van der Waals surface area contributed by atoms with Crippen LogP contribution in [-0.4, -0.2) is 68.8 Å². The van der Waals surface area contributed by atoms with Crippen LogP contribution in [0.1, 0.15) is 26.2 Å². The Kier molecular flexibility index (Phi) is 5.86. The van der Waals surface area contributed by atoms with Crippen LogP contribution in [-0.2, 0) is 4.74 Å². The van der Waals surface area contributed by atoms with E-state index in [0.29, 0.717) is 12.1 Å². The van der Waals surface area contributed by atoms with Gasteiger partial charge in [0.2, 0.25) is 0 Å². The smallest absolute Gasteiger partial charge is 0.0823 e. The Bertz CT molecular complexity index is 217. The quantitative estimate of drug-likeness (QED) is 0.683. The third-order valence-electron chi connectivity index (χ3n) is 3.98. The van der Waals surface area contributed by atoms with E-state index in [0.717, 1.165) is 19.7 Å². The van der Waals surface area contributed by atoms with Gasteiger partial charge in [-0.2, -0.15) is 0 Å². The lowest BCUT2D eigenvalue weighted by Crippen LogP contribution is -2.57. The molecule has 1 saturated carbocycles. The molecular weight excluding hydrogens is 214 g/mol. The Hall–Kier alpha value is -0.160. The van der Waals surface area contributed by atoms with E-state index in [2.05, 4.69) is 30.9 Å². The van der Waals surface area contributed by atoms with Crippen molar-refractivity contribution in [3.63, 3.8) is 0 Å². The summed E-state index contributed by atoms with van der Waals surface area (Å²) in [6.07, 6.45) is 4.15. The van der Waals surface area contributed by atoms with Gasteiger partial charge in [-0.3, -0.25) is 0 Å². The van der Waals surface area contributed by atoms with Crippen LogP contribution < -0.4 is 5.73 Å². The zero-order valence-corrected chi connectivity index (χ0v) is 11.9. The van der Waals surface area contributed by atoms with Crippen LogP contribution in [0.4, 0.5) is 0 Å². The number of rotatable bonds is 8. The first-order valence-corrected chi connectivity index (χ1v) is 6.71. The van der Waals surface area contributed by atoms with E-state index in [1.54, 1.807) is 0 Å². The second kappa shape index (κ2) is 6.69. The molecule has 0 spiro atoms. The van der Waals surface area contributed by atoms with Crippen LogP contribution in [0.5, 0.6) is 0 Å². The Morgan fingerprint density at radius 3 is 2.29 bits per heavy atom. The molecule has 2 N–H and O–H groups in total. The average molecular weight is 243 g/mol. The molecule has 1 rings (SSSR count). The molecule has 0 aromatic carbocycles. The highest BCUT2D eigenvalue weighted by molar-refractivity contribution is 4.98. The second-order valence-electron chi connectivity index (χ2n) is 5.48. The SMILES string of the molecule is CCOC(CN)CN(C)CC1(N(C)C)CCC1. The molecule has 4 nitrogen and oxygen atoms in total. The summed E-state index contributed by atoms with van der Waals surface area (Å²) in [5.74, 6) is 0. The summed E-state index contributed by atoms with van der Waals surface area (Å²) in [5.41, 5.74) is 6.10. The van der Waals surface area contributed by atoms with Gasteiger partial charge in [0.15, 0.2) is 0 Å². The van der Waals surface area contributed by atoms with Gasteiger partial charge >= 0.3 is 0 Å². The average Bonchev–Trinajstić information content (AvgIpc) is 2.22. The molecular formula is C13H29N3O. The molecule has 17 heavy (non-hydrogen) atoms. The lowest BCUT2D eigenvalue weighted by Gasteiger charge is -2.49. The standard InChI is InChI=1S/C13H29N3O/c1-5-17-12(9-14)10-16(4)11-13(15(2)3)7-6-8-13/h12H,5-11,14H2,1-4H3. The van der Waals surface area contributed by atoms with E-state index in [1.165, 1.54) is 19.3 Å². The van der Waals surface area contributed by atoms with E-state index in [9.17, 15) is 0 Å².